The number of nitrogens with two attached hydrogens (primary N) is 1. The molecule has 0 aliphatic carbocycles. The number of hydrogen-bond acceptors (Lipinski definition) is 6. The largest absolute Gasteiger partial charge is 0.399 e. The van der Waals surface area contributed by atoms with Gasteiger partial charge in [-0.1, -0.05) is 0 Å². The minimum atomic E-state index is 0.767. The maximum Gasteiger partial charge on any atom is 0.188 e. The van der Waals surface area contributed by atoms with Crippen LogP contribution >= 0.6 is 0 Å². The van der Waals surface area contributed by atoms with Crippen LogP contribution in [-0.4, -0.2) is 51.3 Å². The predicted octanol–water partition coefficient (Wildman–Crippen LogP) is 0.115. The third-order valence-corrected chi connectivity index (χ3v) is 3.55. The van der Waals surface area contributed by atoms with Gasteiger partial charge in [0.05, 0.1) is 13.6 Å². The molecule has 2 aromatic rings. The summed E-state index contributed by atoms with van der Waals surface area (Å²) in [5.41, 5.74) is 7.76. The summed E-state index contributed by atoms with van der Waals surface area (Å²) in [5, 5.41) is 12.1. The highest BCUT2D eigenvalue weighted by atomic mass is 15.6. The van der Waals surface area contributed by atoms with Crippen molar-refractivity contribution < 1.29 is 0 Å². The maximum absolute atomic E-state index is 5.72. The summed E-state index contributed by atoms with van der Waals surface area (Å²) in [6, 6.07) is 8.06. The molecular weight excluding hydrogens is 254 g/mol. The fraction of sp³-hybridized carbons (Fsp3) is 0.462. The first-order valence-electron chi connectivity index (χ1n) is 6.76. The zero-order chi connectivity index (χ0) is 13.9. The van der Waals surface area contributed by atoms with Crippen molar-refractivity contribution >= 4 is 11.4 Å². The molecular formula is C13H19N7. The Morgan fingerprint density at radius 1 is 1.10 bits per heavy atom. The van der Waals surface area contributed by atoms with Crippen LogP contribution in [0.3, 0.4) is 0 Å². The van der Waals surface area contributed by atoms with Crippen molar-refractivity contribution in [1.29, 1.82) is 0 Å². The van der Waals surface area contributed by atoms with Gasteiger partial charge in [0, 0.05) is 37.6 Å². The molecule has 2 heterocycles. The van der Waals surface area contributed by atoms with E-state index in [-0.39, 0.29) is 0 Å². The molecule has 1 aromatic carbocycles. The highest BCUT2D eigenvalue weighted by Crippen LogP contribution is 2.18. The number of piperazine rings is 1. The zero-order valence-electron chi connectivity index (χ0n) is 11.6. The van der Waals surface area contributed by atoms with Crippen LogP contribution in [0.5, 0.6) is 0 Å². The van der Waals surface area contributed by atoms with E-state index in [1.165, 1.54) is 10.5 Å². The molecule has 1 aliphatic heterocycles. The smallest absolute Gasteiger partial charge is 0.188 e. The highest BCUT2D eigenvalue weighted by molar-refractivity contribution is 5.53. The van der Waals surface area contributed by atoms with Gasteiger partial charge < -0.3 is 10.6 Å². The van der Waals surface area contributed by atoms with Gasteiger partial charge in [0.25, 0.3) is 0 Å². The van der Waals surface area contributed by atoms with Crippen molar-refractivity contribution in [3.8, 4) is 0 Å². The maximum atomic E-state index is 5.72. The third kappa shape index (κ3) is 2.88. The highest BCUT2D eigenvalue weighted by Gasteiger charge is 2.18. The lowest BCUT2D eigenvalue weighted by Crippen LogP contribution is -2.46. The lowest BCUT2D eigenvalue weighted by atomic mass is 10.2. The number of benzene rings is 1. The molecule has 1 fully saturated rings. The normalized spacial score (nSPS) is 16.6. The number of nitrogens with zero attached hydrogens (tertiary/aromatic N) is 6. The monoisotopic (exact) mass is 273 g/mol. The van der Waals surface area contributed by atoms with E-state index < -0.39 is 0 Å². The van der Waals surface area contributed by atoms with E-state index in [0.717, 1.165) is 44.2 Å². The van der Waals surface area contributed by atoms with Gasteiger partial charge in [-0.05, 0) is 29.5 Å². The summed E-state index contributed by atoms with van der Waals surface area (Å²) in [5.74, 6) is 0.786. The van der Waals surface area contributed by atoms with Crippen LogP contribution in [0.2, 0.25) is 0 Å². The first-order chi connectivity index (χ1) is 9.70. The topological polar surface area (TPSA) is 76.1 Å². The number of anilines is 2. The molecule has 106 valence electrons. The molecule has 0 amide bonds. The average Bonchev–Trinajstić information content (AvgIpc) is 2.86. The van der Waals surface area contributed by atoms with Crippen molar-refractivity contribution in [2.75, 3.05) is 36.8 Å². The van der Waals surface area contributed by atoms with Crippen LogP contribution < -0.4 is 10.6 Å². The van der Waals surface area contributed by atoms with Gasteiger partial charge in [0.15, 0.2) is 5.82 Å². The van der Waals surface area contributed by atoms with Gasteiger partial charge in [0.2, 0.25) is 0 Å². The van der Waals surface area contributed by atoms with Crippen LogP contribution in [-0.2, 0) is 13.6 Å². The SMILES string of the molecule is Cn1nnc(CN2CCN(c3ccc(N)cc3)CC2)n1. The van der Waals surface area contributed by atoms with Gasteiger partial charge in [-0.15, -0.1) is 10.2 Å². The molecule has 0 spiro atoms. The Hall–Kier alpha value is -2.15. The molecule has 0 bridgehead atoms. The van der Waals surface area contributed by atoms with Crippen molar-refractivity contribution in [3.05, 3.63) is 30.1 Å². The Labute approximate surface area is 118 Å². The standard InChI is InChI=1S/C13H19N7/c1-18-16-13(15-17-18)10-19-6-8-20(9-7-19)12-4-2-11(14)3-5-12/h2-5H,6-10,14H2,1H3. The molecule has 1 aromatic heterocycles. The van der Waals surface area contributed by atoms with E-state index in [1.54, 1.807) is 7.05 Å². The number of aromatic nitrogens is 4. The van der Waals surface area contributed by atoms with Gasteiger partial charge in [-0.2, -0.15) is 4.80 Å². The molecule has 7 nitrogen and oxygen atoms in total. The van der Waals surface area contributed by atoms with Crippen LogP contribution in [0.1, 0.15) is 5.82 Å². The van der Waals surface area contributed by atoms with Gasteiger partial charge in [0.1, 0.15) is 0 Å². The second-order valence-electron chi connectivity index (χ2n) is 5.05. The summed E-state index contributed by atoms with van der Waals surface area (Å²) in [4.78, 5) is 6.23. The van der Waals surface area contributed by atoms with Crippen molar-refractivity contribution in [1.82, 2.24) is 25.1 Å². The molecule has 0 saturated carbocycles. The fourth-order valence-corrected chi connectivity index (χ4v) is 2.44. The molecule has 0 unspecified atom stereocenters. The van der Waals surface area contributed by atoms with E-state index >= 15 is 0 Å². The molecule has 1 saturated heterocycles. The van der Waals surface area contributed by atoms with Crippen molar-refractivity contribution in [2.24, 2.45) is 7.05 Å². The molecule has 1 aliphatic rings. The quantitative estimate of drug-likeness (QED) is 0.800. The van der Waals surface area contributed by atoms with Gasteiger partial charge in [-0.3, -0.25) is 4.90 Å². The summed E-state index contributed by atoms with van der Waals surface area (Å²) in [6.07, 6.45) is 0. The predicted molar refractivity (Wildman–Crippen MR) is 77.1 cm³/mol. The molecule has 0 radical (unpaired) electrons. The minimum absolute atomic E-state index is 0.767. The summed E-state index contributed by atoms with van der Waals surface area (Å²) in [7, 11) is 1.79. The van der Waals surface area contributed by atoms with Crippen LogP contribution in [0.15, 0.2) is 24.3 Å². The molecule has 7 heteroatoms. The van der Waals surface area contributed by atoms with Gasteiger partial charge in [-0.25, -0.2) is 0 Å². The Balaban J connectivity index is 1.55. The van der Waals surface area contributed by atoms with Crippen LogP contribution in [0, 0.1) is 0 Å². The van der Waals surface area contributed by atoms with Crippen LogP contribution in [0.4, 0.5) is 11.4 Å². The van der Waals surface area contributed by atoms with E-state index in [2.05, 4.69) is 37.3 Å². The fourth-order valence-electron chi connectivity index (χ4n) is 2.44. The van der Waals surface area contributed by atoms with Gasteiger partial charge >= 0.3 is 0 Å². The Kier molecular flexibility index (Phi) is 3.51. The molecule has 3 rings (SSSR count). The second-order valence-corrected chi connectivity index (χ2v) is 5.05. The summed E-state index contributed by atoms with van der Waals surface area (Å²) >= 11 is 0. The third-order valence-electron chi connectivity index (χ3n) is 3.55. The Bertz CT molecular complexity index is 554. The number of aryl methyl sites for hydroxylation is 1. The molecule has 20 heavy (non-hydrogen) atoms. The van der Waals surface area contributed by atoms with Crippen molar-refractivity contribution in [2.45, 2.75) is 6.54 Å². The Morgan fingerprint density at radius 2 is 1.80 bits per heavy atom. The molecule has 0 atom stereocenters. The number of nitrogen functional groups attached to an aromatic ring is 1. The lowest BCUT2D eigenvalue weighted by Gasteiger charge is -2.35. The van der Waals surface area contributed by atoms with E-state index in [1.807, 2.05) is 12.1 Å². The number of tetrazole rings is 1. The second kappa shape index (κ2) is 5.46. The van der Waals surface area contributed by atoms with Crippen LogP contribution in [0.25, 0.3) is 0 Å². The lowest BCUT2D eigenvalue weighted by molar-refractivity contribution is 0.244. The van der Waals surface area contributed by atoms with E-state index in [9.17, 15) is 0 Å². The summed E-state index contributed by atoms with van der Waals surface area (Å²) in [6.45, 7) is 4.78. The van der Waals surface area contributed by atoms with E-state index in [0.29, 0.717) is 0 Å². The average molecular weight is 273 g/mol. The zero-order valence-corrected chi connectivity index (χ0v) is 11.6. The molecule has 2 N–H and O–H groups in total. The first-order valence-corrected chi connectivity index (χ1v) is 6.76. The first kappa shape index (κ1) is 12.9. The van der Waals surface area contributed by atoms with E-state index in [4.69, 9.17) is 5.73 Å². The van der Waals surface area contributed by atoms with Crippen molar-refractivity contribution in [3.63, 3.8) is 0 Å². The Morgan fingerprint density at radius 3 is 2.40 bits per heavy atom. The summed E-state index contributed by atoms with van der Waals surface area (Å²) < 4.78 is 0. The number of rotatable bonds is 3. The minimum Gasteiger partial charge on any atom is -0.399 e. The number of hydrogen-bond donors (Lipinski definition) is 1.